The van der Waals surface area contributed by atoms with Crippen molar-refractivity contribution in [2.45, 2.75) is 0 Å². The molecule has 0 fully saturated rings. The minimum absolute atomic E-state index is 1.02. The van der Waals surface area contributed by atoms with Crippen molar-refractivity contribution in [2.75, 3.05) is 0 Å². The summed E-state index contributed by atoms with van der Waals surface area (Å²) < 4.78 is 0. The predicted molar refractivity (Wildman–Crippen MR) is 143 cm³/mol. The van der Waals surface area contributed by atoms with E-state index in [1.54, 1.807) is 0 Å². The Bertz CT molecular complexity index is 1830. The highest BCUT2D eigenvalue weighted by molar-refractivity contribution is 6.22. The van der Waals surface area contributed by atoms with Crippen LogP contribution in [0.2, 0.25) is 0 Å². The normalized spacial score (nSPS) is 11.5. The Morgan fingerprint density at radius 2 is 1.12 bits per heavy atom. The lowest BCUT2D eigenvalue weighted by molar-refractivity contribution is 1.36. The molecular weight excluding hydrogens is 412 g/mol. The molecule has 158 valence electrons. The van der Waals surface area contributed by atoms with Crippen LogP contribution in [-0.2, 0) is 0 Å². The number of benzene rings is 5. The van der Waals surface area contributed by atoms with Gasteiger partial charge in [0.15, 0.2) is 0 Å². The van der Waals surface area contributed by atoms with Gasteiger partial charge < -0.3 is 0 Å². The number of fused-ring (bicyclic) bond motifs is 6. The van der Waals surface area contributed by atoms with E-state index < -0.39 is 0 Å². The predicted octanol–water partition coefficient (Wildman–Crippen LogP) is 8.42. The first-order valence-electron chi connectivity index (χ1n) is 11.5. The SMILES string of the molecule is c1ccc2c(-c3ccc(-c4nc5ccccc5c5c4ccc4ccccc45)cc3)cncc2c1. The van der Waals surface area contributed by atoms with Gasteiger partial charge in [-0.25, -0.2) is 4.98 Å². The smallest absolute Gasteiger partial charge is 0.0788 e. The summed E-state index contributed by atoms with van der Waals surface area (Å²) in [6.07, 6.45) is 3.87. The van der Waals surface area contributed by atoms with Crippen LogP contribution in [0.25, 0.3) is 65.6 Å². The first kappa shape index (κ1) is 19.0. The van der Waals surface area contributed by atoms with Crippen molar-refractivity contribution in [3.8, 4) is 22.4 Å². The highest BCUT2D eigenvalue weighted by Crippen LogP contribution is 2.37. The van der Waals surface area contributed by atoms with Gasteiger partial charge in [0, 0.05) is 45.1 Å². The molecule has 2 heterocycles. The third-order valence-corrected chi connectivity index (χ3v) is 6.73. The lowest BCUT2D eigenvalue weighted by atomic mass is 9.94. The van der Waals surface area contributed by atoms with Crippen LogP contribution in [0.15, 0.2) is 122 Å². The fourth-order valence-electron chi connectivity index (χ4n) is 5.10. The molecule has 0 unspecified atom stereocenters. The van der Waals surface area contributed by atoms with Gasteiger partial charge in [-0.2, -0.15) is 0 Å². The number of hydrogen-bond acceptors (Lipinski definition) is 2. The summed E-state index contributed by atoms with van der Waals surface area (Å²) in [5.41, 5.74) is 5.45. The van der Waals surface area contributed by atoms with Gasteiger partial charge in [-0.15, -0.1) is 0 Å². The highest BCUT2D eigenvalue weighted by atomic mass is 14.7. The fourth-order valence-corrected chi connectivity index (χ4v) is 5.10. The second kappa shape index (κ2) is 7.50. The number of aromatic nitrogens is 2. The van der Waals surface area contributed by atoms with E-state index in [1.165, 1.54) is 32.3 Å². The molecule has 2 heteroatoms. The molecule has 0 aliphatic rings. The van der Waals surface area contributed by atoms with E-state index in [2.05, 4.69) is 114 Å². The van der Waals surface area contributed by atoms with Crippen molar-refractivity contribution >= 4 is 43.2 Å². The molecule has 0 bridgehead atoms. The first-order valence-corrected chi connectivity index (χ1v) is 11.5. The van der Waals surface area contributed by atoms with Crippen LogP contribution in [-0.4, -0.2) is 9.97 Å². The Morgan fingerprint density at radius 3 is 1.97 bits per heavy atom. The van der Waals surface area contributed by atoms with E-state index in [9.17, 15) is 0 Å². The van der Waals surface area contributed by atoms with Gasteiger partial charge in [0.1, 0.15) is 0 Å². The zero-order valence-electron chi connectivity index (χ0n) is 18.4. The molecule has 0 spiro atoms. The lowest BCUT2D eigenvalue weighted by Gasteiger charge is -2.13. The van der Waals surface area contributed by atoms with E-state index in [4.69, 9.17) is 4.98 Å². The van der Waals surface area contributed by atoms with Crippen molar-refractivity contribution in [3.63, 3.8) is 0 Å². The van der Waals surface area contributed by atoms with Gasteiger partial charge in [0.2, 0.25) is 0 Å². The summed E-state index contributed by atoms with van der Waals surface area (Å²) in [7, 11) is 0. The van der Waals surface area contributed by atoms with Crippen LogP contribution in [0.5, 0.6) is 0 Å². The molecular formula is C32H20N2. The number of rotatable bonds is 2. The number of nitrogens with zero attached hydrogens (tertiary/aromatic N) is 2. The Morgan fingerprint density at radius 1 is 0.441 bits per heavy atom. The maximum Gasteiger partial charge on any atom is 0.0788 e. The zero-order valence-corrected chi connectivity index (χ0v) is 18.4. The summed E-state index contributed by atoms with van der Waals surface area (Å²) in [4.78, 5) is 9.58. The largest absolute Gasteiger partial charge is 0.263 e. The zero-order chi connectivity index (χ0) is 22.5. The average Bonchev–Trinajstić information content (AvgIpc) is 2.92. The first-order chi connectivity index (χ1) is 16.9. The minimum atomic E-state index is 1.02. The van der Waals surface area contributed by atoms with E-state index in [0.29, 0.717) is 0 Å². The Labute approximate surface area is 197 Å². The highest BCUT2D eigenvalue weighted by Gasteiger charge is 2.13. The van der Waals surface area contributed by atoms with Gasteiger partial charge in [0.05, 0.1) is 11.2 Å². The molecule has 34 heavy (non-hydrogen) atoms. The Kier molecular flexibility index (Phi) is 4.18. The quantitative estimate of drug-likeness (QED) is 0.256. The maximum atomic E-state index is 5.12. The van der Waals surface area contributed by atoms with Crippen LogP contribution in [0.3, 0.4) is 0 Å². The summed E-state index contributed by atoms with van der Waals surface area (Å²) in [5.74, 6) is 0. The lowest BCUT2D eigenvalue weighted by Crippen LogP contribution is -1.91. The molecule has 0 aliphatic heterocycles. The molecule has 2 nitrogen and oxygen atoms in total. The van der Waals surface area contributed by atoms with Crippen LogP contribution in [0.1, 0.15) is 0 Å². The van der Waals surface area contributed by atoms with E-state index in [1.807, 2.05) is 12.4 Å². The summed E-state index contributed by atoms with van der Waals surface area (Å²) in [6, 6.07) is 38.6. The second-order valence-electron chi connectivity index (χ2n) is 8.67. The molecule has 0 amide bonds. The second-order valence-corrected chi connectivity index (χ2v) is 8.67. The molecule has 0 saturated heterocycles. The number of para-hydroxylation sites is 1. The molecule has 0 atom stereocenters. The van der Waals surface area contributed by atoms with Crippen molar-refractivity contribution in [1.82, 2.24) is 9.97 Å². The van der Waals surface area contributed by atoms with Gasteiger partial charge in [-0.05, 0) is 27.8 Å². The topological polar surface area (TPSA) is 25.8 Å². The molecule has 0 radical (unpaired) electrons. The van der Waals surface area contributed by atoms with Crippen molar-refractivity contribution in [2.24, 2.45) is 0 Å². The molecule has 7 rings (SSSR count). The van der Waals surface area contributed by atoms with Crippen molar-refractivity contribution in [1.29, 1.82) is 0 Å². The van der Waals surface area contributed by atoms with Gasteiger partial charge in [-0.3, -0.25) is 4.98 Å². The number of hydrogen-bond donors (Lipinski definition) is 0. The fraction of sp³-hybridized carbons (Fsp3) is 0. The third-order valence-electron chi connectivity index (χ3n) is 6.73. The van der Waals surface area contributed by atoms with E-state index in [0.717, 1.165) is 33.3 Å². The molecule has 0 aliphatic carbocycles. The van der Waals surface area contributed by atoms with E-state index >= 15 is 0 Å². The Hall–Kier alpha value is -4.56. The van der Waals surface area contributed by atoms with Crippen LogP contribution >= 0.6 is 0 Å². The van der Waals surface area contributed by atoms with Gasteiger partial charge >= 0.3 is 0 Å². The van der Waals surface area contributed by atoms with Gasteiger partial charge in [-0.1, -0.05) is 103 Å². The van der Waals surface area contributed by atoms with Crippen LogP contribution < -0.4 is 0 Å². The third kappa shape index (κ3) is 2.89. The van der Waals surface area contributed by atoms with E-state index in [-0.39, 0.29) is 0 Å². The summed E-state index contributed by atoms with van der Waals surface area (Å²) >= 11 is 0. The van der Waals surface area contributed by atoms with Crippen LogP contribution in [0, 0.1) is 0 Å². The van der Waals surface area contributed by atoms with Crippen molar-refractivity contribution in [3.05, 3.63) is 122 Å². The standard InChI is InChI=1S/C32H20N2/c1-4-10-26-21(7-1)17-18-28-31(26)27-11-5-6-12-30(27)34-32(28)23-15-13-22(14-16-23)29-20-33-19-24-8-2-3-9-25(24)29/h1-20H. The molecule has 2 aromatic heterocycles. The van der Waals surface area contributed by atoms with Crippen molar-refractivity contribution < 1.29 is 0 Å². The summed E-state index contributed by atoms with van der Waals surface area (Å²) in [5, 5.41) is 8.51. The molecule has 0 saturated carbocycles. The minimum Gasteiger partial charge on any atom is -0.263 e. The summed E-state index contributed by atoms with van der Waals surface area (Å²) in [6.45, 7) is 0. The van der Waals surface area contributed by atoms with Gasteiger partial charge in [0.25, 0.3) is 0 Å². The maximum absolute atomic E-state index is 5.12. The molecule has 5 aromatic carbocycles. The monoisotopic (exact) mass is 432 g/mol. The number of pyridine rings is 2. The van der Waals surface area contributed by atoms with Crippen LogP contribution in [0.4, 0.5) is 0 Å². The molecule has 0 N–H and O–H groups in total. The molecule has 7 aromatic rings. The average molecular weight is 433 g/mol. The Balaban J connectivity index is 1.46.